The maximum absolute atomic E-state index is 8.90. The number of nitriles is 1. The zero-order valence-electron chi connectivity index (χ0n) is 13.5. The molecule has 0 unspecified atom stereocenters. The van der Waals surface area contributed by atoms with E-state index in [0.717, 1.165) is 5.56 Å². The van der Waals surface area contributed by atoms with Gasteiger partial charge < -0.3 is 9.47 Å². The number of ether oxygens (including phenoxy) is 2. The third-order valence-corrected chi connectivity index (χ3v) is 3.51. The lowest BCUT2D eigenvalue weighted by Gasteiger charge is -2.19. The van der Waals surface area contributed by atoms with Gasteiger partial charge in [0.1, 0.15) is 6.61 Å². The molecule has 0 spiro atoms. The first-order valence-electron chi connectivity index (χ1n) is 7.24. The highest BCUT2D eigenvalue weighted by Gasteiger charge is 2.13. The average molecular weight is 295 g/mol. The summed E-state index contributed by atoms with van der Waals surface area (Å²) >= 11 is 0. The summed E-state index contributed by atoms with van der Waals surface area (Å²) in [6, 6.07) is 15.7. The van der Waals surface area contributed by atoms with Crippen molar-refractivity contribution in [3.8, 4) is 17.6 Å². The van der Waals surface area contributed by atoms with Crippen LogP contribution in [0.1, 0.15) is 37.5 Å². The third kappa shape index (κ3) is 3.79. The van der Waals surface area contributed by atoms with Crippen molar-refractivity contribution < 1.29 is 9.47 Å². The predicted molar refractivity (Wildman–Crippen MR) is 87.2 cm³/mol. The van der Waals surface area contributed by atoms with Gasteiger partial charge in [-0.2, -0.15) is 5.26 Å². The fourth-order valence-corrected chi connectivity index (χ4v) is 2.12. The summed E-state index contributed by atoms with van der Waals surface area (Å²) in [4.78, 5) is 0. The molecule has 3 nitrogen and oxygen atoms in total. The Morgan fingerprint density at radius 3 is 2.23 bits per heavy atom. The molecule has 0 bridgehead atoms. The van der Waals surface area contributed by atoms with Crippen LogP contribution in [0.5, 0.6) is 11.5 Å². The summed E-state index contributed by atoms with van der Waals surface area (Å²) < 4.78 is 11.1. The van der Waals surface area contributed by atoms with Gasteiger partial charge in [0.15, 0.2) is 11.5 Å². The van der Waals surface area contributed by atoms with Crippen molar-refractivity contribution in [3.05, 3.63) is 59.2 Å². The van der Waals surface area contributed by atoms with E-state index in [1.54, 1.807) is 25.3 Å². The summed E-state index contributed by atoms with van der Waals surface area (Å²) in [6.45, 7) is 7.05. The van der Waals surface area contributed by atoms with Gasteiger partial charge in [-0.15, -0.1) is 0 Å². The zero-order chi connectivity index (χ0) is 16.2. The van der Waals surface area contributed by atoms with Crippen LogP contribution < -0.4 is 9.47 Å². The Morgan fingerprint density at radius 1 is 1.00 bits per heavy atom. The largest absolute Gasteiger partial charge is 0.493 e. The first-order chi connectivity index (χ1) is 10.4. The van der Waals surface area contributed by atoms with E-state index in [4.69, 9.17) is 14.7 Å². The first kappa shape index (κ1) is 15.9. The molecule has 22 heavy (non-hydrogen) atoms. The van der Waals surface area contributed by atoms with E-state index in [1.165, 1.54) is 5.56 Å². The maximum Gasteiger partial charge on any atom is 0.162 e. The molecule has 2 aromatic carbocycles. The van der Waals surface area contributed by atoms with Gasteiger partial charge in [0.25, 0.3) is 0 Å². The number of benzene rings is 2. The van der Waals surface area contributed by atoms with Crippen LogP contribution in [0.3, 0.4) is 0 Å². The van der Waals surface area contributed by atoms with Crippen LogP contribution in [0.2, 0.25) is 0 Å². The molecule has 0 heterocycles. The summed E-state index contributed by atoms with van der Waals surface area (Å²) in [5.74, 6) is 1.21. The monoisotopic (exact) mass is 295 g/mol. The molecule has 0 saturated carbocycles. The predicted octanol–water partition coefficient (Wildman–Crippen LogP) is 4.44. The number of rotatable bonds is 4. The Bertz CT molecular complexity index is 676. The molecule has 0 atom stereocenters. The molecular weight excluding hydrogens is 274 g/mol. The Hall–Kier alpha value is -2.47. The smallest absolute Gasteiger partial charge is 0.162 e. The summed E-state index contributed by atoms with van der Waals surface area (Å²) in [5.41, 5.74) is 3.10. The van der Waals surface area contributed by atoms with E-state index in [9.17, 15) is 0 Å². The van der Waals surface area contributed by atoms with Crippen LogP contribution in [0.4, 0.5) is 0 Å². The lowest BCUT2D eigenvalue weighted by Crippen LogP contribution is -2.10. The van der Waals surface area contributed by atoms with Gasteiger partial charge in [0.2, 0.25) is 0 Å². The highest BCUT2D eigenvalue weighted by Crippen LogP contribution is 2.29. The minimum Gasteiger partial charge on any atom is -0.493 e. The minimum absolute atomic E-state index is 0.149. The molecule has 2 rings (SSSR count). The van der Waals surface area contributed by atoms with Gasteiger partial charge in [0, 0.05) is 6.07 Å². The highest BCUT2D eigenvalue weighted by molar-refractivity contribution is 5.46. The minimum atomic E-state index is 0.149. The second kappa shape index (κ2) is 6.53. The normalized spacial score (nSPS) is 10.9. The number of hydrogen-bond donors (Lipinski definition) is 0. The molecule has 3 heteroatoms. The van der Waals surface area contributed by atoms with Crippen LogP contribution >= 0.6 is 0 Å². The summed E-state index contributed by atoms with van der Waals surface area (Å²) in [5, 5.41) is 8.90. The van der Waals surface area contributed by atoms with E-state index in [-0.39, 0.29) is 5.41 Å². The van der Waals surface area contributed by atoms with Crippen molar-refractivity contribution in [2.24, 2.45) is 0 Å². The van der Waals surface area contributed by atoms with Crippen molar-refractivity contribution in [2.45, 2.75) is 32.8 Å². The quantitative estimate of drug-likeness (QED) is 0.837. The molecular formula is C19H21NO2. The Labute approximate surface area is 132 Å². The maximum atomic E-state index is 8.90. The van der Waals surface area contributed by atoms with Crippen molar-refractivity contribution >= 4 is 0 Å². The molecule has 0 aliphatic heterocycles. The van der Waals surface area contributed by atoms with Crippen LogP contribution in [-0.4, -0.2) is 7.11 Å². The molecule has 114 valence electrons. The van der Waals surface area contributed by atoms with Gasteiger partial charge in [-0.25, -0.2) is 0 Å². The molecule has 0 fully saturated rings. The SMILES string of the molecule is COc1cc(C#N)ccc1OCc1ccc(C(C)(C)C)cc1. The zero-order valence-corrected chi connectivity index (χ0v) is 13.5. The molecule has 0 radical (unpaired) electrons. The van der Waals surface area contributed by atoms with E-state index < -0.39 is 0 Å². The molecule has 0 aromatic heterocycles. The van der Waals surface area contributed by atoms with Crippen LogP contribution in [0.25, 0.3) is 0 Å². The van der Waals surface area contributed by atoms with Crippen molar-refractivity contribution in [1.82, 2.24) is 0 Å². The van der Waals surface area contributed by atoms with E-state index in [2.05, 4.69) is 51.1 Å². The van der Waals surface area contributed by atoms with Crippen molar-refractivity contribution in [3.63, 3.8) is 0 Å². The summed E-state index contributed by atoms with van der Waals surface area (Å²) in [7, 11) is 1.57. The first-order valence-corrected chi connectivity index (χ1v) is 7.24. The van der Waals surface area contributed by atoms with Crippen LogP contribution in [0.15, 0.2) is 42.5 Å². The lowest BCUT2D eigenvalue weighted by molar-refractivity contribution is 0.284. The van der Waals surface area contributed by atoms with Crippen LogP contribution in [0, 0.1) is 11.3 Å². The Balaban J connectivity index is 2.09. The fraction of sp³-hybridized carbons (Fsp3) is 0.316. The van der Waals surface area contributed by atoms with Gasteiger partial charge in [-0.05, 0) is 28.7 Å². The molecule has 0 aliphatic carbocycles. The second-order valence-corrected chi connectivity index (χ2v) is 6.21. The van der Waals surface area contributed by atoms with Crippen molar-refractivity contribution in [1.29, 1.82) is 5.26 Å². The van der Waals surface area contributed by atoms with E-state index in [0.29, 0.717) is 23.7 Å². The molecule has 0 N–H and O–H groups in total. The Kier molecular flexibility index (Phi) is 4.72. The second-order valence-electron chi connectivity index (χ2n) is 6.21. The van der Waals surface area contributed by atoms with E-state index in [1.807, 2.05) is 0 Å². The summed E-state index contributed by atoms with van der Waals surface area (Å²) in [6.07, 6.45) is 0. The van der Waals surface area contributed by atoms with Gasteiger partial charge in [-0.1, -0.05) is 45.0 Å². The Morgan fingerprint density at radius 2 is 1.68 bits per heavy atom. The lowest BCUT2D eigenvalue weighted by atomic mass is 9.87. The highest BCUT2D eigenvalue weighted by atomic mass is 16.5. The third-order valence-electron chi connectivity index (χ3n) is 3.51. The molecule has 0 aliphatic rings. The number of hydrogen-bond acceptors (Lipinski definition) is 3. The number of nitrogens with zero attached hydrogens (tertiary/aromatic N) is 1. The standard InChI is InChI=1S/C19H21NO2/c1-19(2,3)16-8-5-14(6-9-16)13-22-17-10-7-15(12-20)11-18(17)21-4/h5-11H,13H2,1-4H3. The fourth-order valence-electron chi connectivity index (χ4n) is 2.12. The van der Waals surface area contributed by atoms with Gasteiger partial charge in [0.05, 0.1) is 18.7 Å². The topological polar surface area (TPSA) is 42.2 Å². The number of methoxy groups -OCH3 is 1. The van der Waals surface area contributed by atoms with Gasteiger partial charge >= 0.3 is 0 Å². The van der Waals surface area contributed by atoms with E-state index >= 15 is 0 Å². The van der Waals surface area contributed by atoms with Gasteiger partial charge in [-0.3, -0.25) is 0 Å². The molecule has 2 aromatic rings. The average Bonchev–Trinajstić information content (AvgIpc) is 2.52. The molecule has 0 amide bonds. The van der Waals surface area contributed by atoms with Crippen molar-refractivity contribution in [2.75, 3.05) is 7.11 Å². The van der Waals surface area contributed by atoms with Crippen LogP contribution in [-0.2, 0) is 12.0 Å². The molecule has 0 saturated heterocycles.